The number of ether oxygens (including phenoxy) is 4. The van der Waals surface area contributed by atoms with Crippen molar-refractivity contribution in [2.45, 2.75) is 51.4 Å². The Morgan fingerprint density at radius 3 is 2.68 bits per heavy atom. The smallest absolute Gasteiger partial charge is 0.288 e. The van der Waals surface area contributed by atoms with Gasteiger partial charge >= 0.3 is 0 Å². The zero-order chi connectivity index (χ0) is 23.3. The molecule has 0 aromatic heterocycles. The molecule has 1 N–H and O–H groups in total. The molecule has 1 aromatic carbocycles. The molecule has 3 aliphatic heterocycles. The summed E-state index contributed by atoms with van der Waals surface area (Å²) in [5.41, 5.74) is 1.19. The molecule has 8 nitrogen and oxygen atoms in total. The Morgan fingerprint density at radius 2 is 1.91 bits per heavy atom. The van der Waals surface area contributed by atoms with E-state index in [1.807, 2.05) is 17.0 Å². The number of carbonyl (C=O) groups excluding carboxylic acids is 1. The van der Waals surface area contributed by atoms with Gasteiger partial charge < -0.3 is 29.0 Å². The van der Waals surface area contributed by atoms with Crippen molar-refractivity contribution in [3.63, 3.8) is 0 Å². The second-order valence-corrected chi connectivity index (χ2v) is 9.73. The fourth-order valence-corrected chi connectivity index (χ4v) is 5.13. The van der Waals surface area contributed by atoms with E-state index in [1.165, 1.54) is 24.8 Å². The summed E-state index contributed by atoms with van der Waals surface area (Å²) < 4.78 is 22.9. The van der Waals surface area contributed by atoms with E-state index in [1.54, 1.807) is 0 Å². The fourth-order valence-electron chi connectivity index (χ4n) is 5.13. The molecule has 5 rings (SSSR count). The molecule has 0 radical (unpaired) electrons. The summed E-state index contributed by atoms with van der Waals surface area (Å²) in [7, 11) is 0. The molecule has 8 heteroatoms. The highest BCUT2D eigenvalue weighted by molar-refractivity contribution is 5.91. The molecule has 4 aliphatic rings. The van der Waals surface area contributed by atoms with E-state index in [2.05, 4.69) is 17.0 Å². The number of nitrogens with zero attached hydrogens (tertiary/aromatic N) is 2. The molecule has 1 aliphatic carbocycles. The van der Waals surface area contributed by atoms with Gasteiger partial charge in [-0.3, -0.25) is 9.69 Å². The topological polar surface area (TPSA) is 80.7 Å². The lowest BCUT2D eigenvalue weighted by molar-refractivity contribution is -0.158. The Bertz CT molecular complexity index is 878. The number of rotatable bonds is 9. The van der Waals surface area contributed by atoms with Crippen molar-refractivity contribution >= 4 is 5.91 Å². The summed E-state index contributed by atoms with van der Waals surface area (Å²) >= 11 is 0. The number of allylic oxidation sites excluding steroid dienone is 1. The number of amides is 1. The molecule has 1 saturated heterocycles. The van der Waals surface area contributed by atoms with Crippen LogP contribution in [0.25, 0.3) is 0 Å². The number of fused-ring (bicyclic) bond motifs is 1. The van der Waals surface area contributed by atoms with Gasteiger partial charge in [-0.1, -0.05) is 12.5 Å². The molecular formula is C26H36N2O6. The maximum absolute atomic E-state index is 13.3. The minimum absolute atomic E-state index is 0.0179. The molecule has 0 bridgehead atoms. The summed E-state index contributed by atoms with van der Waals surface area (Å²) in [6.45, 7) is 4.83. The van der Waals surface area contributed by atoms with Crippen molar-refractivity contribution < 1.29 is 28.8 Å². The summed E-state index contributed by atoms with van der Waals surface area (Å²) in [5.74, 6) is 3.03. The molecule has 34 heavy (non-hydrogen) atoms. The van der Waals surface area contributed by atoms with E-state index >= 15 is 0 Å². The molecule has 0 unspecified atom stereocenters. The zero-order valence-electron chi connectivity index (χ0n) is 19.8. The SMILES string of the molecule is O=C(C1=C[C@@H](C2CCC2)C[C@@H](OCCCCO)O1)N1CCN(Cc2ccc3c(c2)OCO3)CC1. The van der Waals surface area contributed by atoms with Crippen molar-refractivity contribution in [3.8, 4) is 11.5 Å². The van der Waals surface area contributed by atoms with Gasteiger partial charge in [-0.05, 0) is 61.3 Å². The van der Waals surface area contributed by atoms with Gasteiger partial charge in [0, 0.05) is 45.8 Å². The first-order valence-electron chi connectivity index (χ1n) is 12.7. The predicted octanol–water partition coefficient (Wildman–Crippen LogP) is 2.90. The third-order valence-corrected chi connectivity index (χ3v) is 7.41. The lowest BCUT2D eigenvalue weighted by atomic mass is 9.73. The third-order valence-electron chi connectivity index (χ3n) is 7.41. The first-order chi connectivity index (χ1) is 16.7. The van der Waals surface area contributed by atoms with Crippen molar-refractivity contribution in [2.24, 2.45) is 11.8 Å². The molecule has 1 saturated carbocycles. The van der Waals surface area contributed by atoms with Gasteiger partial charge in [-0.2, -0.15) is 0 Å². The van der Waals surface area contributed by atoms with Crippen LogP contribution in [0.1, 0.15) is 44.1 Å². The van der Waals surface area contributed by atoms with Gasteiger partial charge in [0.15, 0.2) is 17.3 Å². The van der Waals surface area contributed by atoms with Crippen LogP contribution in [0.4, 0.5) is 0 Å². The van der Waals surface area contributed by atoms with Crippen LogP contribution in [0.2, 0.25) is 0 Å². The monoisotopic (exact) mass is 472 g/mol. The minimum atomic E-state index is -0.375. The molecular weight excluding hydrogens is 436 g/mol. The highest BCUT2D eigenvalue weighted by Crippen LogP contribution is 2.40. The molecule has 2 fully saturated rings. The average Bonchev–Trinajstić information content (AvgIpc) is 3.29. The highest BCUT2D eigenvalue weighted by Gasteiger charge is 2.36. The van der Waals surface area contributed by atoms with Gasteiger partial charge in [0.05, 0.1) is 6.61 Å². The van der Waals surface area contributed by atoms with Gasteiger partial charge in [0.1, 0.15) is 0 Å². The van der Waals surface area contributed by atoms with Gasteiger partial charge in [0.25, 0.3) is 5.91 Å². The Hall–Kier alpha value is -2.29. The second kappa shape index (κ2) is 11.0. The van der Waals surface area contributed by atoms with Crippen LogP contribution in [0, 0.1) is 11.8 Å². The maximum atomic E-state index is 13.3. The number of unbranched alkanes of at least 4 members (excludes halogenated alkanes) is 1. The molecule has 3 heterocycles. The maximum Gasteiger partial charge on any atom is 0.288 e. The predicted molar refractivity (Wildman–Crippen MR) is 125 cm³/mol. The lowest BCUT2D eigenvalue weighted by Gasteiger charge is -2.39. The van der Waals surface area contributed by atoms with E-state index in [4.69, 9.17) is 24.1 Å². The largest absolute Gasteiger partial charge is 0.459 e. The van der Waals surface area contributed by atoms with Gasteiger partial charge in [0.2, 0.25) is 13.1 Å². The number of aliphatic hydroxyl groups excluding tert-OH is 1. The summed E-state index contributed by atoms with van der Waals surface area (Å²) in [4.78, 5) is 17.6. The van der Waals surface area contributed by atoms with E-state index < -0.39 is 0 Å². The average molecular weight is 473 g/mol. The van der Waals surface area contributed by atoms with Crippen molar-refractivity contribution in [1.82, 2.24) is 9.80 Å². The standard InChI is InChI=1S/C26H36N2O6/c29-12-1-2-13-31-25-16-21(20-4-3-5-20)15-24(34-25)26(30)28-10-8-27(9-11-28)17-19-6-7-22-23(14-19)33-18-32-22/h6-7,14-15,20-21,25,29H,1-5,8-13,16-18H2/t21-,25+/m1/s1. The van der Waals surface area contributed by atoms with Crippen LogP contribution < -0.4 is 9.47 Å². The molecule has 186 valence electrons. The van der Waals surface area contributed by atoms with Crippen LogP contribution in [0.15, 0.2) is 30.0 Å². The summed E-state index contributed by atoms with van der Waals surface area (Å²) in [6, 6.07) is 6.08. The van der Waals surface area contributed by atoms with Crippen LogP contribution in [0.3, 0.4) is 0 Å². The molecule has 2 atom stereocenters. The number of aliphatic hydroxyl groups is 1. The van der Waals surface area contributed by atoms with E-state index in [0.29, 0.717) is 37.3 Å². The van der Waals surface area contributed by atoms with E-state index in [-0.39, 0.29) is 25.6 Å². The number of benzene rings is 1. The van der Waals surface area contributed by atoms with Gasteiger partial charge in [-0.15, -0.1) is 0 Å². The van der Waals surface area contributed by atoms with E-state index in [0.717, 1.165) is 50.4 Å². The molecule has 1 aromatic rings. The van der Waals surface area contributed by atoms with Crippen molar-refractivity contribution in [1.29, 1.82) is 0 Å². The second-order valence-electron chi connectivity index (χ2n) is 9.73. The number of hydrogen-bond acceptors (Lipinski definition) is 7. The first kappa shape index (κ1) is 23.5. The van der Waals surface area contributed by atoms with Gasteiger partial charge in [-0.25, -0.2) is 0 Å². The fraction of sp³-hybridized carbons (Fsp3) is 0.654. The Labute approximate surface area is 201 Å². The highest BCUT2D eigenvalue weighted by atomic mass is 16.7. The Kier molecular flexibility index (Phi) is 7.57. The van der Waals surface area contributed by atoms with Crippen LogP contribution >= 0.6 is 0 Å². The summed E-state index contributed by atoms with van der Waals surface area (Å²) in [6.07, 6.45) is 7.73. The van der Waals surface area contributed by atoms with Crippen molar-refractivity contribution in [2.75, 3.05) is 46.2 Å². The quantitative estimate of drug-likeness (QED) is 0.554. The summed E-state index contributed by atoms with van der Waals surface area (Å²) in [5, 5.41) is 8.99. The number of piperazine rings is 1. The lowest BCUT2D eigenvalue weighted by Crippen LogP contribution is -2.49. The third kappa shape index (κ3) is 5.50. The zero-order valence-corrected chi connectivity index (χ0v) is 19.8. The van der Waals surface area contributed by atoms with E-state index in [9.17, 15) is 4.79 Å². The molecule has 1 amide bonds. The minimum Gasteiger partial charge on any atom is -0.459 e. The Balaban J connectivity index is 1.15. The molecule has 0 spiro atoms. The van der Waals surface area contributed by atoms with Crippen LogP contribution in [-0.2, 0) is 20.8 Å². The number of hydrogen-bond donors (Lipinski definition) is 1. The first-order valence-corrected chi connectivity index (χ1v) is 12.7. The van der Waals surface area contributed by atoms with Crippen LogP contribution in [0.5, 0.6) is 11.5 Å². The van der Waals surface area contributed by atoms with Crippen molar-refractivity contribution in [3.05, 3.63) is 35.6 Å². The Morgan fingerprint density at radius 1 is 1.09 bits per heavy atom. The normalized spacial score (nSPS) is 25.0. The number of carbonyl (C=O) groups is 1. The van der Waals surface area contributed by atoms with Crippen LogP contribution in [-0.4, -0.2) is 73.3 Å².